The van der Waals surface area contributed by atoms with Gasteiger partial charge in [0.1, 0.15) is 5.60 Å². The molecule has 0 saturated carbocycles. The number of piperidine rings is 1. The first-order valence-corrected chi connectivity index (χ1v) is 11.0. The first-order valence-electron chi connectivity index (χ1n) is 11.0. The molecule has 8 nitrogen and oxygen atoms in total. The summed E-state index contributed by atoms with van der Waals surface area (Å²) in [4.78, 5) is 18.2. The number of likely N-dealkylation sites (tertiary alicyclic amines) is 1. The highest BCUT2D eigenvalue weighted by Gasteiger charge is 2.26. The molecule has 2 aliphatic rings. The molecule has 2 fully saturated rings. The molecule has 1 amide bonds. The van der Waals surface area contributed by atoms with Crippen molar-refractivity contribution in [2.24, 2.45) is 16.8 Å². The highest BCUT2D eigenvalue weighted by Crippen LogP contribution is 2.19. The van der Waals surface area contributed by atoms with E-state index in [1.54, 1.807) is 7.05 Å². The Labute approximate surface area is 175 Å². The lowest BCUT2D eigenvalue weighted by Gasteiger charge is -2.33. The van der Waals surface area contributed by atoms with Gasteiger partial charge in [-0.3, -0.25) is 4.99 Å². The first kappa shape index (κ1) is 23.7. The van der Waals surface area contributed by atoms with Gasteiger partial charge in [0.25, 0.3) is 0 Å². The van der Waals surface area contributed by atoms with Gasteiger partial charge in [0.05, 0.1) is 13.2 Å². The summed E-state index contributed by atoms with van der Waals surface area (Å²) in [6.45, 7) is 12.2. The molecule has 1 atom stereocenters. The van der Waals surface area contributed by atoms with Crippen molar-refractivity contribution in [1.82, 2.24) is 15.5 Å². The van der Waals surface area contributed by atoms with Crippen LogP contribution in [0.5, 0.6) is 0 Å². The number of amides is 1. The van der Waals surface area contributed by atoms with Gasteiger partial charge in [-0.2, -0.15) is 0 Å². The van der Waals surface area contributed by atoms with Crippen molar-refractivity contribution in [3.8, 4) is 0 Å². The number of carbonyl (C=O) groups excluding carboxylic acids is 1. The van der Waals surface area contributed by atoms with E-state index in [1.165, 1.54) is 0 Å². The van der Waals surface area contributed by atoms with Gasteiger partial charge in [0, 0.05) is 52.4 Å². The topological polar surface area (TPSA) is 84.4 Å². The SMILES string of the molecule is CN=C(NCCCOCC1CCOC1)NCC1CCN(C(=O)OC(C)(C)C)CC1. The van der Waals surface area contributed by atoms with Gasteiger partial charge < -0.3 is 29.7 Å². The van der Waals surface area contributed by atoms with Gasteiger partial charge in [0.15, 0.2) is 5.96 Å². The fraction of sp³-hybridized carbons (Fsp3) is 0.905. The lowest BCUT2D eigenvalue weighted by Crippen LogP contribution is -2.45. The summed E-state index contributed by atoms with van der Waals surface area (Å²) in [7, 11) is 1.79. The second-order valence-corrected chi connectivity index (χ2v) is 8.95. The van der Waals surface area contributed by atoms with E-state index in [9.17, 15) is 4.79 Å². The highest BCUT2D eigenvalue weighted by molar-refractivity contribution is 5.79. The van der Waals surface area contributed by atoms with Crippen molar-refractivity contribution in [1.29, 1.82) is 0 Å². The fourth-order valence-electron chi connectivity index (χ4n) is 3.45. The maximum absolute atomic E-state index is 12.1. The maximum Gasteiger partial charge on any atom is 0.410 e. The Bertz CT molecular complexity index is 507. The van der Waals surface area contributed by atoms with Crippen molar-refractivity contribution >= 4 is 12.1 Å². The Hall–Kier alpha value is -1.54. The standard InChI is InChI=1S/C21H40N4O4/c1-21(2,3)29-20(26)25-10-6-17(7-11-25)14-24-19(22-4)23-9-5-12-27-15-18-8-13-28-16-18/h17-18H,5-16H2,1-4H3,(H2,22,23,24). The lowest BCUT2D eigenvalue weighted by atomic mass is 9.97. The molecular formula is C21H40N4O4. The van der Waals surface area contributed by atoms with Crippen LogP contribution in [0, 0.1) is 11.8 Å². The van der Waals surface area contributed by atoms with Crippen molar-refractivity contribution in [2.75, 3.05) is 59.7 Å². The smallest absolute Gasteiger partial charge is 0.410 e. The molecule has 29 heavy (non-hydrogen) atoms. The minimum Gasteiger partial charge on any atom is -0.444 e. The van der Waals surface area contributed by atoms with Crippen LogP contribution in [0.3, 0.4) is 0 Å². The van der Waals surface area contributed by atoms with Gasteiger partial charge in [-0.25, -0.2) is 4.79 Å². The number of hydrogen-bond donors (Lipinski definition) is 2. The quantitative estimate of drug-likeness (QED) is 0.361. The maximum atomic E-state index is 12.1. The van der Waals surface area contributed by atoms with Crippen LogP contribution in [-0.4, -0.2) is 82.2 Å². The molecule has 2 aliphatic heterocycles. The Kier molecular flexibility index (Phi) is 10.0. The normalized spacial score (nSPS) is 21.3. The second-order valence-electron chi connectivity index (χ2n) is 8.95. The van der Waals surface area contributed by atoms with Crippen molar-refractivity contribution in [3.63, 3.8) is 0 Å². The zero-order chi connectivity index (χ0) is 21.1. The Morgan fingerprint density at radius 3 is 2.55 bits per heavy atom. The van der Waals surface area contributed by atoms with Crippen molar-refractivity contribution in [3.05, 3.63) is 0 Å². The molecule has 2 rings (SSSR count). The molecule has 168 valence electrons. The predicted molar refractivity (Wildman–Crippen MR) is 114 cm³/mol. The van der Waals surface area contributed by atoms with Gasteiger partial charge in [-0.15, -0.1) is 0 Å². The number of rotatable bonds is 8. The summed E-state index contributed by atoms with van der Waals surface area (Å²) in [6, 6.07) is 0. The molecule has 2 N–H and O–H groups in total. The van der Waals surface area contributed by atoms with Crippen LogP contribution in [-0.2, 0) is 14.2 Å². The van der Waals surface area contributed by atoms with E-state index in [1.807, 2.05) is 25.7 Å². The molecule has 0 spiro atoms. The van der Waals surface area contributed by atoms with Crippen LogP contribution >= 0.6 is 0 Å². The van der Waals surface area contributed by atoms with Crippen LogP contribution in [0.4, 0.5) is 4.79 Å². The van der Waals surface area contributed by atoms with E-state index >= 15 is 0 Å². The van der Waals surface area contributed by atoms with E-state index in [2.05, 4.69) is 15.6 Å². The van der Waals surface area contributed by atoms with E-state index in [4.69, 9.17) is 14.2 Å². The number of hydrogen-bond acceptors (Lipinski definition) is 5. The summed E-state index contributed by atoms with van der Waals surface area (Å²) in [6.07, 6.45) is 3.81. The van der Waals surface area contributed by atoms with E-state index in [0.29, 0.717) is 11.8 Å². The third-order valence-corrected chi connectivity index (χ3v) is 5.18. The number of ether oxygens (including phenoxy) is 3. The van der Waals surface area contributed by atoms with Crippen LogP contribution < -0.4 is 10.6 Å². The van der Waals surface area contributed by atoms with Crippen LogP contribution in [0.15, 0.2) is 4.99 Å². The first-order chi connectivity index (χ1) is 13.9. The van der Waals surface area contributed by atoms with Gasteiger partial charge in [-0.1, -0.05) is 0 Å². The van der Waals surface area contributed by atoms with Gasteiger partial charge in [0.2, 0.25) is 0 Å². The molecule has 8 heteroatoms. The Morgan fingerprint density at radius 1 is 1.17 bits per heavy atom. The zero-order valence-electron chi connectivity index (χ0n) is 18.7. The molecule has 1 unspecified atom stereocenters. The summed E-state index contributed by atoms with van der Waals surface area (Å²) >= 11 is 0. The van der Waals surface area contributed by atoms with Crippen LogP contribution in [0.25, 0.3) is 0 Å². The van der Waals surface area contributed by atoms with E-state index in [0.717, 1.165) is 84.2 Å². The predicted octanol–water partition coefficient (Wildman–Crippen LogP) is 2.24. The number of aliphatic imine (C=N–C) groups is 1. The largest absolute Gasteiger partial charge is 0.444 e. The van der Waals surface area contributed by atoms with E-state index < -0.39 is 5.60 Å². The van der Waals surface area contributed by atoms with Crippen molar-refractivity contribution < 1.29 is 19.0 Å². The van der Waals surface area contributed by atoms with E-state index in [-0.39, 0.29) is 6.09 Å². The molecular weight excluding hydrogens is 372 g/mol. The third-order valence-electron chi connectivity index (χ3n) is 5.18. The molecule has 0 bridgehead atoms. The van der Waals surface area contributed by atoms with Crippen LogP contribution in [0.2, 0.25) is 0 Å². The Balaban J connectivity index is 1.52. The summed E-state index contributed by atoms with van der Waals surface area (Å²) in [5.41, 5.74) is -0.441. The number of nitrogens with zero attached hydrogens (tertiary/aromatic N) is 2. The summed E-state index contributed by atoms with van der Waals surface area (Å²) < 4.78 is 16.5. The molecule has 0 aromatic carbocycles. The zero-order valence-corrected chi connectivity index (χ0v) is 18.7. The minimum absolute atomic E-state index is 0.205. The molecule has 0 radical (unpaired) electrons. The van der Waals surface area contributed by atoms with Gasteiger partial charge in [-0.05, 0) is 52.4 Å². The monoisotopic (exact) mass is 412 g/mol. The Morgan fingerprint density at radius 2 is 1.93 bits per heavy atom. The molecule has 2 heterocycles. The van der Waals surface area contributed by atoms with Gasteiger partial charge >= 0.3 is 6.09 Å². The molecule has 0 aromatic rings. The summed E-state index contributed by atoms with van der Waals surface area (Å²) in [5, 5.41) is 6.74. The van der Waals surface area contributed by atoms with Crippen LogP contribution in [0.1, 0.15) is 46.5 Å². The average Bonchev–Trinajstić information content (AvgIpc) is 3.19. The lowest BCUT2D eigenvalue weighted by molar-refractivity contribution is 0.0185. The van der Waals surface area contributed by atoms with Crippen molar-refractivity contribution in [2.45, 2.75) is 52.1 Å². The third kappa shape index (κ3) is 9.67. The number of carbonyl (C=O) groups is 1. The molecule has 2 saturated heterocycles. The average molecular weight is 413 g/mol. The molecule has 0 aliphatic carbocycles. The highest BCUT2D eigenvalue weighted by atomic mass is 16.6. The number of guanidine groups is 1. The second kappa shape index (κ2) is 12.2. The number of nitrogens with one attached hydrogen (secondary N) is 2. The fourth-order valence-corrected chi connectivity index (χ4v) is 3.45. The summed E-state index contributed by atoms with van der Waals surface area (Å²) in [5.74, 6) is 1.92. The minimum atomic E-state index is -0.441. The molecule has 0 aromatic heterocycles.